The van der Waals surface area contributed by atoms with Crippen LogP contribution < -0.4 is 5.32 Å². The molecule has 1 aromatic heterocycles. The molecule has 2 heterocycles. The van der Waals surface area contributed by atoms with Crippen LogP contribution in [0.2, 0.25) is 0 Å². The van der Waals surface area contributed by atoms with Crippen LogP contribution in [0.3, 0.4) is 0 Å². The molecule has 26 heavy (non-hydrogen) atoms. The Bertz CT molecular complexity index is 788. The predicted molar refractivity (Wildman–Crippen MR) is 104 cm³/mol. The summed E-state index contributed by atoms with van der Waals surface area (Å²) in [5.74, 6) is 1.20. The number of carbonyl (C=O) groups is 1. The maximum Gasteiger partial charge on any atom is 0.338 e. The van der Waals surface area contributed by atoms with E-state index in [1.165, 1.54) is 37.6 Å². The number of nitrogens with one attached hydrogen (secondary N) is 2. The number of esters is 1. The molecule has 6 heteroatoms. The lowest BCUT2D eigenvalue weighted by Crippen LogP contribution is -2.16. The third-order valence-corrected chi connectivity index (χ3v) is 5.56. The summed E-state index contributed by atoms with van der Waals surface area (Å²) in [6.07, 6.45) is 5.63. The summed E-state index contributed by atoms with van der Waals surface area (Å²) in [5.41, 5.74) is 6.37. The van der Waals surface area contributed by atoms with Gasteiger partial charge in [0.1, 0.15) is 5.82 Å². The van der Waals surface area contributed by atoms with Crippen LogP contribution in [0.25, 0.3) is 11.4 Å². The summed E-state index contributed by atoms with van der Waals surface area (Å²) >= 11 is 0. The number of hydrogen-bond acceptors (Lipinski definition) is 4. The van der Waals surface area contributed by atoms with Crippen molar-refractivity contribution in [2.24, 2.45) is 0 Å². The lowest BCUT2D eigenvalue weighted by molar-refractivity contribution is 0.0600. The zero-order valence-corrected chi connectivity index (χ0v) is 16.2. The average Bonchev–Trinajstić information content (AvgIpc) is 2.83. The van der Waals surface area contributed by atoms with Gasteiger partial charge in [0.15, 0.2) is 0 Å². The third-order valence-electron chi connectivity index (χ3n) is 5.56. The normalized spacial score (nSPS) is 16.8. The van der Waals surface area contributed by atoms with E-state index in [1.54, 1.807) is 0 Å². The van der Waals surface area contributed by atoms with Crippen LogP contribution in [0.4, 0.5) is 0 Å². The summed E-state index contributed by atoms with van der Waals surface area (Å²) in [4.78, 5) is 20.6. The predicted octanol–water partition coefficient (Wildman–Crippen LogP) is 3.55. The van der Waals surface area contributed by atoms with E-state index in [2.05, 4.69) is 16.4 Å². The number of fused-ring (bicyclic) bond motifs is 1. The van der Waals surface area contributed by atoms with Gasteiger partial charge in [0.05, 0.1) is 18.4 Å². The van der Waals surface area contributed by atoms with E-state index < -0.39 is 0 Å². The molecule has 2 aromatic rings. The van der Waals surface area contributed by atoms with E-state index in [1.807, 2.05) is 13.0 Å². The average molecular weight is 376 g/mol. The third kappa shape index (κ3) is 3.38. The molecule has 1 aromatic carbocycles. The van der Waals surface area contributed by atoms with Crippen LogP contribution in [-0.4, -0.2) is 36.1 Å². The zero-order valence-electron chi connectivity index (χ0n) is 15.4. The molecule has 1 aliphatic carbocycles. The van der Waals surface area contributed by atoms with E-state index in [-0.39, 0.29) is 18.4 Å². The van der Waals surface area contributed by atoms with Crippen molar-refractivity contribution in [2.75, 3.05) is 20.2 Å². The highest BCUT2D eigenvalue weighted by molar-refractivity contribution is 5.93. The number of imidazole rings is 1. The van der Waals surface area contributed by atoms with Crippen LogP contribution in [-0.2, 0) is 17.6 Å². The maximum absolute atomic E-state index is 12.2. The summed E-state index contributed by atoms with van der Waals surface area (Å²) < 4.78 is 4.97. The number of rotatable bonds is 3. The first-order valence-corrected chi connectivity index (χ1v) is 9.19. The summed E-state index contributed by atoms with van der Waals surface area (Å²) in [7, 11) is 1.43. The SMILES string of the molecule is COC(=O)c1cc(-c2nc3c([nH]2)CCNCC3)c(C2CCC2)cc1C.Cl. The topological polar surface area (TPSA) is 67.0 Å². The molecule has 2 N–H and O–H groups in total. The summed E-state index contributed by atoms with van der Waals surface area (Å²) in [6.45, 7) is 3.93. The molecule has 0 amide bonds. The molecule has 1 fully saturated rings. The van der Waals surface area contributed by atoms with E-state index in [9.17, 15) is 4.79 Å². The Kier molecular flexibility index (Phi) is 5.68. The van der Waals surface area contributed by atoms with Gasteiger partial charge >= 0.3 is 5.97 Å². The van der Waals surface area contributed by atoms with E-state index in [4.69, 9.17) is 9.72 Å². The maximum atomic E-state index is 12.2. The lowest BCUT2D eigenvalue weighted by atomic mass is 9.77. The van der Waals surface area contributed by atoms with Gasteiger partial charge < -0.3 is 15.0 Å². The van der Waals surface area contributed by atoms with Crippen molar-refractivity contribution in [2.45, 2.75) is 44.9 Å². The standard InChI is InChI=1S/C20H25N3O2.ClH/c1-12-10-15(13-4-3-5-13)16(11-14(12)20(24)25-2)19-22-17-6-8-21-9-7-18(17)23-19;/h10-11,13,21H,3-9H2,1-2H3,(H,22,23);1H. The molecule has 1 saturated carbocycles. The molecular weight excluding hydrogens is 350 g/mol. The number of nitrogens with zero attached hydrogens (tertiary/aromatic N) is 1. The van der Waals surface area contributed by atoms with Crippen molar-refractivity contribution in [3.05, 3.63) is 40.2 Å². The van der Waals surface area contributed by atoms with Crippen LogP contribution in [0.5, 0.6) is 0 Å². The number of aromatic nitrogens is 2. The summed E-state index contributed by atoms with van der Waals surface area (Å²) in [6, 6.07) is 4.14. The number of benzene rings is 1. The number of halogens is 1. The molecule has 1 aliphatic heterocycles. The first-order valence-electron chi connectivity index (χ1n) is 9.19. The minimum Gasteiger partial charge on any atom is -0.465 e. The smallest absolute Gasteiger partial charge is 0.338 e. The minimum absolute atomic E-state index is 0. The van der Waals surface area contributed by atoms with Crippen molar-refractivity contribution in [3.8, 4) is 11.4 Å². The van der Waals surface area contributed by atoms with E-state index in [0.717, 1.165) is 48.6 Å². The number of hydrogen-bond donors (Lipinski definition) is 2. The molecule has 4 rings (SSSR count). The van der Waals surface area contributed by atoms with Crippen molar-refractivity contribution < 1.29 is 9.53 Å². The van der Waals surface area contributed by atoms with E-state index in [0.29, 0.717) is 11.5 Å². The van der Waals surface area contributed by atoms with Gasteiger partial charge in [0, 0.05) is 37.2 Å². The van der Waals surface area contributed by atoms with Crippen molar-refractivity contribution >= 4 is 18.4 Å². The molecule has 140 valence electrons. The minimum atomic E-state index is -0.281. The van der Waals surface area contributed by atoms with Gasteiger partial charge in [-0.25, -0.2) is 9.78 Å². The number of carbonyl (C=O) groups excluding carboxylic acids is 1. The Morgan fingerprint density at radius 3 is 2.69 bits per heavy atom. The van der Waals surface area contributed by atoms with Gasteiger partial charge in [0.25, 0.3) is 0 Å². The van der Waals surface area contributed by atoms with Crippen molar-refractivity contribution in [1.29, 1.82) is 0 Å². The van der Waals surface area contributed by atoms with E-state index >= 15 is 0 Å². The molecule has 5 nitrogen and oxygen atoms in total. The second-order valence-electron chi connectivity index (χ2n) is 7.13. The Labute approximate surface area is 160 Å². The molecule has 2 aliphatic rings. The number of aryl methyl sites for hydroxylation is 1. The molecule has 0 atom stereocenters. The highest BCUT2D eigenvalue weighted by Crippen LogP contribution is 2.42. The second kappa shape index (κ2) is 7.80. The van der Waals surface area contributed by atoms with Crippen molar-refractivity contribution in [1.82, 2.24) is 15.3 Å². The van der Waals surface area contributed by atoms with Gasteiger partial charge in [-0.15, -0.1) is 12.4 Å². The Balaban J connectivity index is 0.00000196. The number of H-pyrrole nitrogens is 1. The van der Waals surface area contributed by atoms with Crippen LogP contribution in [0.15, 0.2) is 12.1 Å². The lowest BCUT2D eigenvalue weighted by Gasteiger charge is -2.28. The number of methoxy groups -OCH3 is 1. The highest BCUT2D eigenvalue weighted by Gasteiger charge is 2.26. The van der Waals surface area contributed by atoms with Crippen LogP contribution in [0.1, 0.15) is 58.1 Å². The zero-order chi connectivity index (χ0) is 17.4. The fraction of sp³-hybridized carbons (Fsp3) is 0.500. The van der Waals surface area contributed by atoms with Crippen LogP contribution >= 0.6 is 12.4 Å². The van der Waals surface area contributed by atoms with Gasteiger partial charge in [-0.2, -0.15) is 0 Å². The van der Waals surface area contributed by atoms with Gasteiger partial charge in [-0.3, -0.25) is 0 Å². The van der Waals surface area contributed by atoms with Crippen LogP contribution in [0, 0.1) is 6.92 Å². The molecule has 0 radical (unpaired) electrons. The van der Waals surface area contributed by atoms with Crippen molar-refractivity contribution in [3.63, 3.8) is 0 Å². The highest BCUT2D eigenvalue weighted by atomic mass is 35.5. The van der Waals surface area contributed by atoms with Gasteiger partial charge in [-0.1, -0.05) is 12.5 Å². The van der Waals surface area contributed by atoms with Gasteiger partial charge in [0.2, 0.25) is 0 Å². The monoisotopic (exact) mass is 375 g/mol. The molecular formula is C20H26ClN3O2. The first kappa shape index (κ1) is 18.9. The van der Waals surface area contributed by atoms with Gasteiger partial charge in [-0.05, 0) is 42.9 Å². The molecule has 0 saturated heterocycles. The number of aromatic amines is 1. The molecule has 0 unspecified atom stereocenters. The molecule has 0 bridgehead atoms. The Morgan fingerprint density at radius 1 is 1.23 bits per heavy atom. The summed E-state index contributed by atoms with van der Waals surface area (Å²) in [5, 5.41) is 3.41. The fourth-order valence-corrected chi connectivity index (χ4v) is 3.85. The Hall–Kier alpha value is -1.85. The second-order valence-corrected chi connectivity index (χ2v) is 7.13. The first-order chi connectivity index (χ1) is 12.2. The fourth-order valence-electron chi connectivity index (χ4n) is 3.85. The quantitative estimate of drug-likeness (QED) is 0.805. The number of ether oxygens (including phenoxy) is 1. The molecule has 0 spiro atoms. The largest absolute Gasteiger partial charge is 0.465 e. The Morgan fingerprint density at radius 2 is 2.00 bits per heavy atom.